The first-order chi connectivity index (χ1) is 18.1. The van der Waals surface area contributed by atoms with Crippen LogP contribution in [-0.4, -0.2) is 37.8 Å². The quantitative estimate of drug-likeness (QED) is 0.291. The SMILES string of the molecule is CC(CN(C)C)CN1c2ccccc2C2C(c3ccccc3)=NN(c3ccccc3)C2c2ccccc21. The lowest BCUT2D eigenvalue weighted by Crippen LogP contribution is -2.31. The van der Waals surface area contributed by atoms with Crippen LogP contribution in [0, 0.1) is 5.92 Å². The average molecular weight is 487 g/mol. The van der Waals surface area contributed by atoms with Gasteiger partial charge in [0.2, 0.25) is 0 Å². The number of rotatable bonds is 6. The first kappa shape index (κ1) is 23.5. The van der Waals surface area contributed by atoms with Gasteiger partial charge in [-0.25, -0.2) is 0 Å². The Kier molecular flexibility index (Phi) is 6.27. The first-order valence-electron chi connectivity index (χ1n) is 13.2. The molecule has 0 amide bonds. The minimum absolute atomic E-state index is 0.0594. The molecule has 4 aromatic rings. The molecule has 0 saturated heterocycles. The summed E-state index contributed by atoms with van der Waals surface area (Å²) in [6.45, 7) is 4.35. The van der Waals surface area contributed by atoms with Crippen molar-refractivity contribution in [3.8, 4) is 0 Å². The van der Waals surface area contributed by atoms with Crippen molar-refractivity contribution in [1.29, 1.82) is 0 Å². The van der Waals surface area contributed by atoms with Crippen molar-refractivity contribution >= 4 is 22.8 Å². The minimum atomic E-state index is 0.0594. The second-order valence-corrected chi connectivity index (χ2v) is 10.5. The highest BCUT2D eigenvalue weighted by Gasteiger charge is 2.45. The molecule has 3 atom stereocenters. The average Bonchev–Trinajstić information content (AvgIpc) is 3.28. The number of hydrogen-bond donors (Lipinski definition) is 0. The Morgan fingerprint density at radius 1 is 0.730 bits per heavy atom. The van der Waals surface area contributed by atoms with E-state index in [-0.39, 0.29) is 12.0 Å². The predicted molar refractivity (Wildman–Crippen MR) is 155 cm³/mol. The number of anilines is 3. The van der Waals surface area contributed by atoms with Crippen LogP contribution in [0.3, 0.4) is 0 Å². The van der Waals surface area contributed by atoms with E-state index >= 15 is 0 Å². The maximum atomic E-state index is 5.36. The summed E-state index contributed by atoms with van der Waals surface area (Å²) in [6.07, 6.45) is 0. The highest BCUT2D eigenvalue weighted by molar-refractivity contribution is 6.09. The summed E-state index contributed by atoms with van der Waals surface area (Å²) in [5.41, 5.74) is 8.63. The van der Waals surface area contributed by atoms with Crippen molar-refractivity contribution in [1.82, 2.24) is 4.90 Å². The van der Waals surface area contributed by atoms with Crippen LogP contribution < -0.4 is 9.91 Å². The molecule has 0 bridgehead atoms. The summed E-state index contributed by atoms with van der Waals surface area (Å²) in [6, 6.07) is 39.3. The number of hydrogen-bond acceptors (Lipinski definition) is 4. The molecule has 0 saturated carbocycles. The van der Waals surface area contributed by atoms with Crippen molar-refractivity contribution in [2.75, 3.05) is 37.1 Å². The number of para-hydroxylation sites is 3. The fourth-order valence-corrected chi connectivity index (χ4v) is 6.10. The molecule has 0 aromatic heterocycles. The van der Waals surface area contributed by atoms with Crippen LogP contribution in [0.5, 0.6) is 0 Å². The van der Waals surface area contributed by atoms with Gasteiger partial charge in [0.1, 0.15) is 0 Å². The molecule has 186 valence electrons. The summed E-state index contributed by atoms with van der Waals surface area (Å²) < 4.78 is 0. The summed E-state index contributed by atoms with van der Waals surface area (Å²) in [4.78, 5) is 4.84. The Balaban J connectivity index is 1.59. The monoisotopic (exact) mass is 486 g/mol. The smallest absolute Gasteiger partial charge is 0.0921 e. The van der Waals surface area contributed by atoms with Gasteiger partial charge in [0.15, 0.2) is 0 Å². The molecule has 4 heteroatoms. The van der Waals surface area contributed by atoms with Gasteiger partial charge in [-0.3, -0.25) is 5.01 Å². The normalized spacial score (nSPS) is 19.1. The van der Waals surface area contributed by atoms with Crippen LogP contribution in [-0.2, 0) is 0 Å². The van der Waals surface area contributed by atoms with E-state index in [2.05, 4.69) is 145 Å². The summed E-state index contributed by atoms with van der Waals surface area (Å²) in [7, 11) is 4.32. The molecule has 6 rings (SSSR count). The van der Waals surface area contributed by atoms with Crippen molar-refractivity contribution in [2.24, 2.45) is 11.0 Å². The number of fused-ring (bicyclic) bond motifs is 5. The number of benzene rings is 4. The summed E-state index contributed by atoms with van der Waals surface area (Å²) >= 11 is 0. The Labute approximate surface area is 220 Å². The molecule has 4 nitrogen and oxygen atoms in total. The second-order valence-electron chi connectivity index (χ2n) is 10.5. The molecule has 0 fully saturated rings. The van der Waals surface area contributed by atoms with Crippen molar-refractivity contribution < 1.29 is 0 Å². The highest BCUT2D eigenvalue weighted by atomic mass is 15.5. The Hall–Kier alpha value is -3.89. The van der Waals surface area contributed by atoms with Gasteiger partial charge in [0.25, 0.3) is 0 Å². The lowest BCUT2D eigenvalue weighted by atomic mass is 9.82. The third kappa shape index (κ3) is 4.32. The van der Waals surface area contributed by atoms with Gasteiger partial charge < -0.3 is 9.80 Å². The lowest BCUT2D eigenvalue weighted by molar-refractivity contribution is 0.343. The van der Waals surface area contributed by atoms with Gasteiger partial charge in [-0.15, -0.1) is 0 Å². The molecule has 2 heterocycles. The Morgan fingerprint density at radius 2 is 1.30 bits per heavy atom. The van der Waals surface area contributed by atoms with E-state index in [0.717, 1.165) is 24.5 Å². The summed E-state index contributed by atoms with van der Waals surface area (Å²) in [5, 5.41) is 7.62. The summed E-state index contributed by atoms with van der Waals surface area (Å²) in [5.74, 6) is 0.607. The van der Waals surface area contributed by atoms with Crippen molar-refractivity contribution in [2.45, 2.75) is 18.9 Å². The lowest BCUT2D eigenvalue weighted by Gasteiger charge is -2.31. The zero-order valence-corrected chi connectivity index (χ0v) is 21.8. The Morgan fingerprint density at radius 3 is 1.97 bits per heavy atom. The zero-order chi connectivity index (χ0) is 25.4. The molecule has 2 aliphatic rings. The molecule has 4 aromatic carbocycles. The van der Waals surface area contributed by atoms with Crippen molar-refractivity contribution in [3.05, 3.63) is 126 Å². The fraction of sp³-hybridized carbons (Fsp3) is 0.242. The molecule has 0 N–H and O–H groups in total. The van der Waals surface area contributed by atoms with Crippen LogP contribution in [0.1, 0.15) is 35.6 Å². The second kappa shape index (κ2) is 9.87. The van der Waals surface area contributed by atoms with Gasteiger partial charge in [-0.1, -0.05) is 91.9 Å². The van der Waals surface area contributed by atoms with Crippen molar-refractivity contribution in [3.63, 3.8) is 0 Å². The van der Waals surface area contributed by atoms with Crippen LogP contribution in [0.15, 0.2) is 114 Å². The third-order valence-corrected chi connectivity index (χ3v) is 7.46. The van der Waals surface area contributed by atoms with Gasteiger partial charge >= 0.3 is 0 Å². The topological polar surface area (TPSA) is 22.1 Å². The van der Waals surface area contributed by atoms with E-state index in [4.69, 9.17) is 5.10 Å². The van der Waals surface area contributed by atoms with Crippen LogP contribution >= 0.6 is 0 Å². The van der Waals surface area contributed by atoms with E-state index in [9.17, 15) is 0 Å². The van der Waals surface area contributed by atoms with E-state index < -0.39 is 0 Å². The predicted octanol–water partition coefficient (Wildman–Crippen LogP) is 7.09. The molecular formula is C33H34N4. The molecular weight excluding hydrogens is 452 g/mol. The maximum absolute atomic E-state index is 5.36. The van der Waals surface area contributed by atoms with Gasteiger partial charge in [0, 0.05) is 30.0 Å². The first-order valence-corrected chi connectivity index (χ1v) is 13.2. The number of nitrogens with zero attached hydrogens (tertiary/aromatic N) is 4. The molecule has 0 spiro atoms. The largest absolute Gasteiger partial charge is 0.341 e. The Bertz CT molecular complexity index is 1400. The third-order valence-electron chi connectivity index (χ3n) is 7.46. The zero-order valence-electron chi connectivity index (χ0n) is 21.8. The number of hydrazone groups is 1. The minimum Gasteiger partial charge on any atom is -0.341 e. The molecule has 37 heavy (non-hydrogen) atoms. The van der Waals surface area contributed by atoms with E-state index in [1.54, 1.807) is 0 Å². The molecule has 2 aliphatic heterocycles. The van der Waals surface area contributed by atoms with Gasteiger partial charge in [-0.05, 0) is 55.4 Å². The highest BCUT2D eigenvalue weighted by Crippen LogP contribution is 2.53. The molecule has 0 radical (unpaired) electrons. The van der Waals surface area contributed by atoms with Gasteiger partial charge in [-0.2, -0.15) is 5.10 Å². The van der Waals surface area contributed by atoms with Crippen LogP contribution in [0.4, 0.5) is 17.1 Å². The van der Waals surface area contributed by atoms with E-state index in [1.165, 1.54) is 28.1 Å². The molecule has 0 aliphatic carbocycles. The van der Waals surface area contributed by atoms with E-state index in [0.29, 0.717) is 5.92 Å². The van der Waals surface area contributed by atoms with Crippen LogP contribution in [0.2, 0.25) is 0 Å². The standard InChI is InChI=1S/C33H34N4/c1-24(22-35(2)3)23-36-29-20-12-10-18-27(29)31-32(25-14-6-4-7-15-25)34-37(26-16-8-5-9-17-26)33(31)28-19-11-13-21-30(28)36/h4-21,24,31,33H,22-23H2,1-3H3. The van der Waals surface area contributed by atoms with E-state index in [1.807, 2.05) is 0 Å². The van der Waals surface area contributed by atoms with Gasteiger partial charge in [0.05, 0.1) is 23.4 Å². The maximum Gasteiger partial charge on any atom is 0.0921 e. The van der Waals surface area contributed by atoms with Crippen LogP contribution in [0.25, 0.3) is 0 Å². The fourth-order valence-electron chi connectivity index (χ4n) is 6.10. The molecule has 3 unspecified atom stereocenters.